The largest absolute Gasteiger partial charge is 0.319 e. The van der Waals surface area contributed by atoms with E-state index in [0.717, 1.165) is 23.0 Å². The SMILES string of the molecule is CCc1ccc(C=Cc2nc3ccccc3[nH]c2=O)cc1. The van der Waals surface area contributed by atoms with Gasteiger partial charge in [0.15, 0.2) is 0 Å². The maximum absolute atomic E-state index is 12.0. The van der Waals surface area contributed by atoms with Crippen LogP contribution in [-0.4, -0.2) is 9.97 Å². The predicted octanol–water partition coefficient (Wildman–Crippen LogP) is 3.66. The second-order valence-corrected chi connectivity index (χ2v) is 4.90. The van der Waals surface area contributed by atoms with Gasteiger partial charge in [-0.1, -0.05) is 49.4 Å². The highest BCUT2D eigenvalue weighted by Crippen LogP contribution is 2.10. The molecule has 3 aromatic rings. The lowest BCUT2D eigenvalue weighted by Crippen LogP contribution is -2.11. The number of nitrogens with zero attached hydrogens (tertiary/aromatic N) is 1. The molecule has 0 fully saturated rings. The fourth-order valence-electron chi connectivity index (χ4n) is 2.20. The van der Waals surface area contributed by atoms with Crippen LogP contribution in [0.1, 0.15) is 23.7 Å². The van der Waals surface area contributed by atoms with Gasteiger partial charge in [-0.15, -0.1) is 0 Å². The van der Waals surface area contributed by atoms with Crippen LogP contribution in [0.15, 0.2) is 53.3 Å². The van der Waals surface area contributed by atoms with Crippen LogP contribution in [0.3, 0.4) is 0 Å². The highest BCUT2D eigenvalue weighted by atomic mass is 16.1. The number of aromatic nitrogens is 2. The lowest BCUT2D eigenvalue weighted by Gasteiger charge is -1.99. The zero-order chi connectivity index (χ0) is 14.7. The van der Waals surface area contributed by atoms with Crippen LogP contribution in [0.4, 0.5) is 0 Å². The molecule has 0 aliphatic rings. The first-order valence-electron chi connectivity index (χ1n) is 7.02. The van der Waals surface area contributed by atoms with E-state index in [4.69, 9.17) is 0 Å². The van der Waals surface area contributed by atoms with E-state index in [0.29, 0.717) is 5.69 Å². The van der Waals surface area contributed by atoms with Gasteiger partial charge in [-0.05, 0) is 35.8 Å². The van der Waals surface area contributed by atoms with Crippen LogP contribution in [0.2, 0.25) is 0 Å². The summed E-state index contributed by atoms with van der Waals surface area (Å²) in [5.74, 6) is 0. The summed E-state index contributed by atoms with van der Waals surface area (Å²) in [5.41, 5.74) is 4.16. The fourth-order valence-corrected chi connectivity index (χ4v) is 2.20. The van der Waals surface area contributed by atoms with Crippen molar-refractivity contribution in [2.45, 2.75) is 13.3 Å². The average Bonchev–Trinajstić information content (AvgIpc) is 2.53. The number of rotatable bonds is 3. The van der Waals surface area contributed by atoms with Crippen LogP contribution in [0, 0.1) is 0 Å². The van der Waals surface area contributed by atoms with Gasteiger partial charge < -0.3 is 4.98 Å². The number of nitrogens with one attached hydrogen (secondary N) is 1. The van der Waals surface area contributed by atoms with Crippen molar-refractivity contribution < 1.29 is 0 Å². The first kappa shape index (κ1) is 13.3. The molecule has 0 saturated carbocycles. The second-order valence-electron chi connectivity index (χ2n) is 4.90. The summed E-state index contributed by atoms with van der Waals surface area (Å²) in [7, 11) is 0. The van der Waals surface area contributed by atoms with E-state index in [-0.39, 0.29) is 5.56 Å². The number of fused-ring (bicyclic) bond motifs is 1. The standard InChI is InChI=1S/C18H16N2O/c1-2-13-7-9-14(10-8-13)11-12-17-18(21)20-16-6-4-3-5-15(16)19-17/h3-12H,2H2,1H3,(H,20,21). The topological polar surface area (TPSA) is 45.8 Å². The number of hydrogen-bond acceptors (Lipinski definition) is 2. The van der Waals surface area contributed by atoms with Crippen LogP contribution >= 0.6 is 0 Å². The predicted molar refractivity (Wildman–Crippen MR) is 87.1 cm³/mol. The molecule has 0 spiro atoms. The molecule has 21 heavy (non-hydrogen) atoms. The average molecular weight is 276 g/mol. The third kappa shape index (κ3) is 2.92. The first-order valence-corrected chi connectivity index (χ1v) is 7.02. The Kier molecular flexibility index (Phi) is 3.65. The lowest BCUT2D eigenvalue weighted by molar-refractivity contribution is 1.14. The Balaban J connectivity index is 1.94. The van der Waals surface area contributed by atoms with Crippen molar-refractivity contribution in [1.82, 2.24) is 9.97 Å². The first-order chi connectivity index (χ1) is 10.3. The molecule has 1 aromatic heterocycles. The smallest absolute Gasteiger partial charge is 0.274 e. The van der Waals surface area contributed by atoms with Gasteiger partial charge in [-0.25, -0.2) is 4.98 Å². The van der Waals surface area contributed by atoms with Gasteiger partial charge in [0.25, 0.3) is 5.56 Å². The Morgan fingerprint density at radius 3 is 2.57 bits per heavy atom. The molecule has 0 unspecified atom stereocenters. The Hall–Kier alpha value is -2.68. The van der Waals surface area contributed by atoms with Gasteiger partial charge in [-0.2, -0.15) is 0 Å². The van der Waals surface area contributed by atoms with E-state index in [1.165, 1.54) is 5.56 Å². The minimum atomic E-state index is -0.171. The Morgan fingerprint density at radius 2 is 1.81 bits per heavy atom. The van der Waals surface area contributed by atoms with Crippen molar-refractivity contribution in [1.29, 1.82) is 0 Å². The lowest BCUT2D eigenvalue weighted by atomic mass is 10.1. The number of aryl methyl sites for hydroxylation is 1. The van der Waals surface area contributed by atoms with Crippen molar-refractivity contribution in [3.63, 3.8) is 0 Å². The van der Waals surface area contributed by atoms with Crippen molar-refractivity contribution in [3.8, 4) is 0 Å². The molecule has 3 heteroatoms. The van der Waals surface area contributed by atoms with Gasteiger partial charge >= 0.3 is 0 Å². The number of para-hydroxylation sites is 2. The van der Waals surface area contributed by atoms with Gasteiger partial charge in [0, 0.05) is 0 Å². The van der Waals surface area contributed by atoms with Crippen molar-refractivity contribution in [3.05, 3.63) is 75.7 Å². The highest BCUT2D eigenvalue weighted by Gasteiger charge is 2.00. The molecule has 2 aromatic carbocycles. The monoisotopic (exact) mass is 276 g/mol. The maximum atomic E-state index is 12.0. The van der Waals surface area contributed by atoms with E-state index in [9.17, 15) is 4.79 Å². The zero-order valence-electron chi connectivity index (χ0n) is 11.8. The maximum Gasteiger partial charge on any atom is 0.274 e. The van der Waals surface area contributed by atoms with Crippen LogP contribution < -0.4 is 5.56 Å². The molecule has 0 radical (unpaired) electrons. The number of benzene rings is 2. The molecule has 0 aliphatic carbocycles. The Morgan fingerprint density at radius 1 is 1.05 bits per heavy atom. The van der Waals surface area contributed by atoms with Gasteiger partial charge in [0.05, 0.1) is 11.0 Å². The Bertz CT molecular complexity index is 845. The zero-order valence-corrected chi connectivity index (χ0v) is 11.8. The third-order valence-corrected chi connectivity index (χ3v) is 3.45. The van der Waals surface area contributed by atoms with Gasteiger partial charge in [0.2, 0.25) is 0 Å². The van der Waals surface area contributed by atoms with Crippen LogP contribution in [-0.2, 0) is 6.42 Å². The molecule has 0 saturated heterocycles. The summed E-state index contributed by atoms with van der Waals surface area (Å²) in [6, 6.07) is 15.8. The molecule has 3 nitrogen and oxygen atoms in total. The minimum absolute atomic E-state index is 0.171. The van der Waals surface area contributed by atoms with Gasteiger partial charge in [0.1, 0.15) is 5.69 Å². The number of aromatic amines is 1. The van der Waals surface area contributed by atoms with E-state index in [2.05, 4.69) is 29.0 Å². The fraction of sp³-hybridized carbons (Fsp3) is 0.111. The molecular weight excluding hydrogens is 260 g/mol. The minimum Gasteiger partial charge on any atom is -0.319 e. The van der Waals surface area contributed by atoms with E-state index >= 15 is 0 Å². The third-order valence-electron chi connectivity index (χ3n) is 3.45. The molecule has 3 rings (SSSR count). The second kappa shape index (κ2) is 5.75. The summed E-state index contributed by atoms with van der Waals surface area (Å²) in [6.45, 7) is 2.13. The van der Waals surface area contributed by atoms with Crippen molar-refractivity contribution in [2.24, 2.45) is 0 Å². The molecule has 0 amide bonds. The summed E-state index contributed by atoms with van der Waals surface area (Å²) in [4.78, 5) is 19.2. The molecular formula is C18H16N2O. The highest BCUT2D eigenvalue weighted by molar-refractivity contribution is 5.76. The van der Waals surface area contributed by atoms with Crippen LogP contribution in [0.25, 0.3) is 23.2 Å². The Labute approximate surface area is 123 Å². The van der Waals surface area contributed by atoms with Gasteiger partial charge in [-0.3, -0.25) is 4.79 Å². The van der Waals surface area contributed by atoms with E-state index < -0.39 is 0 Å². The quantitative estimate of drug-likeness (QED) is 0.793. The molecule has 1 N–H and O–H groups in total. The normalized spacial score (nSPS) is 11.3. The summed E-state index contributed by atoms with van der Waals surface area (Å²) >= 11 is 0. The molecule has 1 heterocycles. The molecule has 0 atom stereocenters. The van der Waals surface area contributed by atoms with Crippen molar-refractivity contribution in [2.75, 3.05) is 0 Å². The van der Waals surface area contributed by atoms with Crippen molar-refractivity contribution >= 4 is 23.2 Å². The summed E-state index contributed by atoms with van der Waals surface area (Å²) < 4.78 is 0. The van der Waals surface area contributed by atoms with E-state index in [1.54, 1.807) is 6.08 Å². The molecule has 0 aliphatic heterocycles. The molecule has 0 bridgehead atoms. The number of hydrogen-bond donors (Lipinski definition) is 1. The number of H-pyrrole nitrogens is 1. The molecule has 104 valence electrons. The summed E-state index contributed by atoms with van der Waals surface area (Å²) in [6.07, 6.45) is 4.69. The van der Waals surface area contributed by atoms with E-state index in [1.807, 2.05) is 42.5 Å². The summed E-state index contributed by atoms with van der Waals surface area (Å²) in [5, 5.41) is 0. The van der Waals surface area contributed by atoms with Crippen LogP contribution in [0.5, 0.6) is 0 Å².